The lowest BCUT2D eigenvalue weighted by atomic mass is 10.0. The predicted molar refractivity (Wildman–Crippen MR) is 102 cm³/mol. The van der Waals surface area contributed by atoms with E-state index >= 15 is 0 Å². The normalized spacial score (nSPS) is 14.8. The van der Waals surface area contributed by atoms with Gasteiger partial charge in [-0.15, -0.1) is 5.06 Å². The molecule has 3 amide bonds. The molecule has 1 aliphatic rings. The average molecular weight is 406 g/mol. The highest BCUT2D eigenvalue weighted by Gasteiger charge is 2.38. The van der Waals surface area contributed by atoms with Crippen molar-refractivity contribution in [2.45, 2.75) is 46.3 Å². The molecule has 0 aromatic heterocycles. The van der Waals surface area contributed by atoms with Crippen LogP contribution >= 0.6 is 0 Å². The second kappa shape index (κ2) is 8.60. The molecule has 0 radical (unpaired) electrons. The number of carbonyl (C=O) groups is 4. The van der Waals surface area contributed by atoms with E-state index < -0.39 is 41.4 Å². The zero-order valence-electron chi connectivity index (χ0n) is 17.2. The molecule has 1 atom stereocenters. The monoisotopic (exact) mass is 406 g/mol. The Morgan fingerprint density at radius 3 is 2.03 bits per heavy atom. The Kier molecular flexibility index (Phi) is 6.63. The second-order valence-electron chi connectivity index (χ2n) is 7.98. The number of imide groups is 1. The van der Waals surface area contributed by atoms with Crippen LogP contribution in [0.2, 0.25) is 0 Å². The van der Waals surface area contributed by atoms with Crippen LogP contribution in [-0.2, 0) is 14.4 Å². The van der Waals surface area contributed by atoms with Crippen LogP contribution in [0.4, 0.5) is 4.79 Å². The van der Waals surface area contributed by atoms with Crippen molar-refractivity contribution in [3.05, 3.63) is 35.4 Å². The number of carboxylic acid groups (broad SMARTS) is 1. The molecule has 1 aromatic carbocycles. The van der Waals surface area contributed by atoms with Crippen LogP contribution in [0.5, 0.6) is 0 Å². The second-order valence-corrected chi connectivity index (χ2v) is 7.98. The Labute approximate surface area is 169 Å². The SMILES string of the molecule is CC(C)[C@H](C(=O)O)N(CCON1C(=O)c2ccccc2C1=O)C(=O)OC(C)(C)C. The highest BCUT2D eigenvalue weighted by Crippen LogP contribution is 2.23. The van der Waals surface area contributed by atoms with Gasteiger partial charge in [0.2, 0.25) is 0 Å². The van der Waals surface area contributed by atoms with Crippen LogP contribution in [-0.4, -0.2) is 63.7 Å². The fourth-order valence-electron chi connectivity index (χ4n) is 2.96. The molecule has 0 saturated heterocycles. The number of fused-ring (bicyclic) bond motifs is 1. The average Bonchev–Trinajstić information content (AvgIpc) is 2.83. The third-order valence-corrected chi connectivity index (χ3v) is 4.16. The number of hydrogen-bond donors (Lipinski definition) is 1. The molecule has 29 heavy (non-hydrogen) atoms. The number of hydrogen-bond acceptors (Lipinski definition) is 6. The molecule has 0 saturated carbocycles. The number of aliphatic carboxylic acids is 1. The minimum atomic E-state index is -1.19. The van der Waals surface area contributed by atoms with Gasteiger partial charge in [0.15, 0.2) is 0 Å². The lowest BCUT2D eigenvalue weighted by molar-refractivity contribution is -0.146. The highest BCUT2D eigenvalue weighted by molar-refractivity contribution is 6.20. The van der Waals surface area contributed by atoms with Crippen LogP contribution in [0.3, 0.4) is 0 Å². The Hall–Kier alpha value is -2.94. The summed E-state index contributed by atoms with van der Waals surface area (Å²) in [7, 11) is 0. The first-order chi connectivity index (χ1) is 13.4. The van der Waals surface area contributed by atoms with Gasteiger partial charge in [-0.3, -0.25) is 19.3 Å². The molecule has 9 nitrogen and oxygen atoms in total. The summed E-state index contributed by atoms with van der Waals surface area (Å²) < 4.78 is 5.32. The largest absolute Gasteiger partial charge is 0.480 e. The van der Waals surface area contributed by atoms with Gasteiger partial charge in [0.25, 0.3) is 11.8 Å². The Morgan fingerprint density at radius 1 is 1.10 bits per heavy atom. The number of carboxylic acids is 1. The van der Waals surface area contributed by atoms with Crippen molar-refractivity contribution in [3.8, 4) is 0 Å². The highest BCUT2D eigenvalue weighted by atomic mass is 16.7. The lowest BCUT2D eigenvalue weighted by Gasteiger charge is -2.33. The number of hydroxylamine groups is 2. The Balaban J connectivity index is 2.12. The van der Waals surface area contributed by atoms with Crippen molar-refractivity contribution >= 4 is 23.9 Å². The van der Waals surface area contributed by atoms with E-state index in [9.17, 15) is 24.3 Å². The maximum Gasteiger partial charge on any atom is 0.411 e. The number of rotatable bonds is 7. The Bertz CT molecular complexity index is 778. The summed E-state index contributed by atoms with van der Waals surface area (Å²) in [5.74, 6) is -2.80. The number of benzene rings is 1. The van der Waals surface area contributed by atoms with Gasteiger partial charge < -0.3 is 9.84 Å². The number of ether oxygens (including phenoxy) is 1. The van der Waals surface area contributed by atoms with Crippen LogP contribution in [0.1, 0.15) is 55.3 Å². The van der Waals surface area contributed by atoms with E-state index in [1.54, 1.807) is 46.8 Å². The molecule has 1 heterocycles. The van der Waals surface area contributed by atoms with Crippen LogP contribution in [0, 0.1) is 5.92 Å². The van der Waals surface area contributed by atoms with Crippen molar-refractivity contribution in [1.82, 2.24) is 9.96 Å². The van der Waals surface area contributed by atoms with Crippen molar-refractivity contribution < 1.29 is 33.9 Å². The first-order valence-electron chi connectivity index (χ1n) is 9.27. The van der Waals surface area contributed by atoms with Crippen LogP contribution in [0.25, 0.3) is 0 Å². The van der Waals surface area contributed by atoms with Crippen molar-refractivity contribution in [2.75, 3.05) is 13.2 Å². The van der Waals surface area contributed by atoms with Gasteiger partial charge in [-0.1, -0.05) is 26.0 Å². The molecule has 0 unspecified atom stereocenters. The summed E-state index contributed by atoms with van der Waals surface area (Å²) in [6.45, 7) is 7.90. The van der Waals surface area contributed by atoms with E-state index in [2.05, 4.69) is 0 Å². The van der Waals surface area contributed by atoms with E-state index in [4.69, 9.17) is 9.57 Å². The molecule has 0 bridgehead atoms. The van der Waals surface area contributed by atoms with Crippen molar-refractivity contribution in [1.29, 1.82) is 0 Å². The third-order valence-electron chi connectivity index (χ3n) is 4.16. The smallest absolute Gasteiger partial charge is 0.411 e. The molecule has 1 aliphatic heterocycles. The van der Waals surface area contributed by atoms with E-state index in [0.717, 1.165) is 4.90 Å². The van der Waals surface area contributed by atoms with Gasteiger partial charge in [0.1, 0.15) is 11.6 Å². The van der Waals surface area contributed by atoms with Gasteiger partial charge in [-0.2, -0.15) is 0 Å². The summed E-state index contributed by atoms with van der Waals surface area (Å²) >= 11 is 0. The molecule has 0 spiro atoms. The predicted octanol–water partition coefficient (Wildman–Crippen LogP) is 2.56. The van der Waals surface area contributed by atoms with Gasteiger partial charge in [-0.05, 0) is 38.8 Å². The molecule has 158 valence electrons. The molecule has 1 N–H and O–H groups in total. The number of amides is 3. The molecule has 1 aromatic rings. The summed E-state index contributed by atoms with van der Waals surface area (Å²) in [5.41, 5.74) is -0.363. The zero-order chi connectivity index (χ0) is 21.9. The van der Waals surface area contributed by atoms with Gasteiger partial charge in [-0.25, -0.2) is 9.59 Å². The summed E-state index contributed by atoms with van der Waals surface area (Å²) in [6, 6.07) is 5.15. The minimum Gasteiger partial charge on any atom is -0.480 e. The maximum atomic E-state index is 12.6. The maximum absolute atomic E-state index is 12.6. The first kappa shape index (κ1) is 22.4. The van der Waals surface area contributed by atoms with Gasteiger partial charge >= 0.3 is 12.1 Å². The van der Waals surface area contributed by atoms with Crippen molar-refractivity contribution in [3.63, 3.8) is 0 Å². The van der Waals surface area contributed by atoms with E-state index in [1.165, 1.54) is 12.1 Å². The first-order valence-corrected chi connectivity index (χ1v) is 9.27. The van der Waals surface area contributed by atoms with Crippen LogP contribution < -0.4 is 0 Å². The third kappa shape index (κ3) is 5.11. The van der Waals surface area contributed by atoms with Crippen LogP contribution in [0.15, 0.2) is 24.3 Å². The van der Waals surface area contributed by atoms with E-state index in [0.29, 0.717) is 5.06 Å². The summed E-state index contributed by atoms with van der Waals surface area (Å²) in [6.07, 6.45) is -0.815. The molecule has 2 rings (SSSR count). The minimum absolute atomic E-state index is 0.183. The molecule has 0 fully saturated rings. The van der Waals surface area contributed by atoms with E-state index in [1.807, 2.05) is 0 Å². The molecule has 0 aliphatic carbocycles. The van der Waals surface area contributed by atoms with Gasteiger partial charge in [0.05, 0.1) is 24.3 Å². The van der Waals surface area contributed by atoms with Crippen molar-refractivity contribution in [2.24, 2.45) is 5.92 Å². The standard InChI is InChI=1S/C20H26N2O7/c1-12(2)15(18(25)26)21(19(27)29-20(3,4)5)10-11-28-22-16(23)13-8-6-7-9-14(13)17(22)24/h6-9,12,15H,10-11H2,1-5H3,(H,25,26)/t15-/m1/s1. The van der Waals surface area contributed by atoms with E-state index in [-0.39, 0.29) is 24.3 Å². The number of carbonyl (C=O) groups excluding carboxylic acids is 3. The fraction of sp³-hybridized carbons (Fsp3) is 0.500. The number of nitrogens with zero attached hydrogens (tertiary/aromatic N) is 2. The summed E-state index contributed by atoms with van der Waals surface area (Å²) in [4.78, 5) is 55.3. The summed E-state index contributed by atoms with van der Waals surface area (Å²) in [5, 5.41) is 10.2. The fourth-order valence-corrected chi connectivity index (χ4v) is 2.96. The topological polar surface area (TPSA) is 113 Å². The molecular weight excluding hydrogens is 380 g/mol. The molecular formula is C20H26N2O7. The quantitative estimate of drug-likeness (QED) is 0.692. The Morgan fingerprint density at radius 2 is 1.62 bits per heavy atom. The molecule has 9 heteroatoms. The van der Waals surface area contributed by atoms with Gasteiger partial charge in [0, 0.05) is 0 Å². The lowest BCUT2D eigenvalue weighted by Crippen LogP contribution is -2.51. The zero-order valence-corrected chi connectivity index (χ0v) is 17.2.